The van der Waals surface area contributed by atoms with Crippen molar-refractivity contribution < 1.29 is 31.6 Å². The van der Waals surface area contributed by atoms with Crippen LogP contribution in [0.25, 0.3) is 0 Å². The topological polar surface area (TPSA) is 89.9 Å². The molecule has 27 heavy (non-hydrogen) atoms. The van der Waals surface area contributed by atoms with Crippen molar-refractivity contribution in [3.63, 3.8) is 0 Å². The lowest BCUT2D eigenvalue weighted by Crippen LogP contribution is -2.40. The van der Waals surface area contributed by atoms with Gasteiger partial charge in [-0.1, -0.05) is 6.42 Å². The summed E-state index contributed by atoms with van der Waals surface area (Å²) in [6, 6.07) is 3.66. The fourth-order valence-corrected chi connectivity index (χ4v) is 4.78. The van der Waals surface area contributed by atoms with Crippen molar-refractivity contribution >= 4 is 16.1 Å². The second kappa shape index (κ2) is 7.39. The maximum Gasteiger partial charge on any atom is 0.338 e. The van der Waals surface area contributed by atoms with Crippen LogP contribution in [0.3, 0.4) is 0 Å². The second-order valence-corrected chi connectivity index (χ2v) is 9.63. The molecule has 0 heterocycles. The molecule has 0 aliphatic heterocycles. The molecule has 1 aromatic carbocycles. The number of carbonyl (C=O) groups is 1. The number of carbonyl (C=O) groups excluding carboxylic acids is 1. The molecule has 150 valence electrons. The molecule has 0 saturated heterocycles. The largest absolute Gasteiger partial charge is 0.484 e. The van der Waals surface area contributed by atoms with E-state index < -0.39 is 39.9 Å². The summed E-state index contributed by atoms with van der Waals surface area (Å²) in [5, 5.41) is 0. The van der Waals surface area contributed by atoms with Crippen molar-refractivity contribution in [2.75, 3.05) is 12.4 Å². The average molecular weight is 400 g/mol. The molecule has 3 unspecified atom stereocenters. The molecule has 3 atom stereocenters. The van der Waals surface area contributed by atoms with Gasteiger partial charge in [0.25, 0.3) is 10.1 Å². The van der Waals surface area contributed by atoms with Gasteiger partial charge < -0.3 is 9.47 Å². The van der Waals surface area contributed by atoms with E-state index in [2.05, 4.69) is 0 Å². The molecule has 0 spiro atoms. The fraction of sp³-hybridized carbons (Fsp3) is 0.632. The van der Waals surface area contributed by atoms with E-state index in [4.69, 9.17) is 14.0 Å². The van der Waals surface area contributed by atoms with E-state index in [1.54, 1.807) is 0 Å². The molecule has 0 aromatic heterocycles. The Morgan fingerprint density at radius 1 is 1.30 bits per heavy atom. The number of fused-ring (bicyclic) bond motifs is 2. The van der Waals surface area contributed by atoms with Gasteiger partial charge in [-0.2, -0.15) is 8.42 Å². The van der Waals surface area contributed by atoms with E-state index in [0.29, 0.717) is 11.8 Å². The van der Waals surface area contributed by atoms with Gasteiger partial charge in [-0.15, -0.1) is 0 Å². The van der Waals surface area contributed by atoms with E-state index in [9.17, 15) is 17.6 Å². The smallest absolute Gasteiger partial charge is 0.338 e. The molecule has 1 aromatic rings. The summed E-state index contributed by atoms with van der Waals surface area (Å²) in [7, 11) is -4.22. The van der Waals surface area contributed by atoms with E-state index in [0.717, 1.165) is 18.4 Å². The summed E-state index contributed by atoms with van der Waals surface area (Å²) in [4.78, 5) is 12.0. The molecule has 0 radical (unpaired) electrons. The molecule has 3 rings (SSSR count). The summed E-state index contributed by atoms with van der Waals surface area (Å²) >= 11 is 0. The summed E-state index contributed by atoms with van der Waals surface area (Å²) in [6.45, 7) is 3.42. The van der Waals surface area contributed by atoms with Crippen LogP contribution in [0.4, 0.5) is 4.39 Å². The van der Waals surface area contributed by atoms with Gasteiger partial charge >= 0.3 is 5.97 Å². The molecule has 2 bridgehead atoms. The second-order valence-electron chi connectivity index (χ2n) is 8.05. The van der Waals surface area contributed by atoms with Crippen molar-refractivity contribution in [2.45, 2.75) is 45.1 Å². The molecular weight excluding hydrogens is 375 g/mol. The highest BCUT2D eigenvalue weighted by Gasteiger charge is 2.47. The number of rotatable bonds is 7. The molecule has 6 nitrogen and oxygen atoms in total. The Labute approximate surface area is 158 Å². The number of hydrogen-bond acceptors (Lipinski definition) is 5. The van der Waals surface area contributed by atoms with Crippen LogP contribution in [0.1, 0.15) is 49.9 Å². The van der Waals surface area contributed by atoms with Crippen molar-refractivity contribution in [3.05, 3.63) is 29.6 Å². The van der Waals surface area contributed by atoms with E-state index in [1.165, 1.54) is 31.4 Å². The van der Waals surface area contributed by atoms with Gasteiger partial charge in [0, 0.05) is 5.92 Å². The molecule has 2 fully saturated rings. The van der Waals surface area contributed by atoms with E-state index in [1.807, 2.05) is 13.8 Å². The fourth-order valence-electron chi connectivity index (χ4n) is 4.49. The monoisotopic (exact) mass is 400 g/mol. The molecule has 8 heteroatoms. The molecule has 2 saturated carbocycles. The molecule has 2 aliphatic rings. The summed E-state index contributed by atoms with van der Waals surface area (Å²) in [5.74, 6) is -0.408. The first kappa shape index (κ1) is 20.1. The summed E-state index contributed by atoms with van der Waals surface area (Å²) < 4.78 is 55.1. The third kappa shape index (κ3) is 4.79. The zero-order valence-corrected chi connectivity index (χ0v) is 16.3. The highest BCUT2D eigenvalue weighted by Crippen LogP contribution is 2.53. The Morgan fingerprint density at radius 3 is 2.63 bits per heavy atom. The predicted octanol–water partition coefficient (Wildman–Crippen LogP) is 3.46. The lowest BCUT2D eigenvalue weighted by Gasteiger charge is -2.37. The normalized spacial score (nSPS) is 24.8. The molecule has 2 aliphatic carbocycles. The Hall–Kier alpha value is -1.67. The zero-order valence-electron chi connectivity index (χ0n) is 15.5. The molecular formula is C19H25FO6S. The molecule has 1 N–H and O–H groups in total. The minimum atomic E-state index is -4.22. The first-order valence-corrected chi connectivity index (χ1v) is 10.8. The number of esters is 1. The maximum absolute atomic E-state index is 14.3. The Balaban J connectivity index is 1.68. The van der Waals surface area contributed by atoms with Crippen molar-refractivity contribution in [2.24, 2.45) is 17.8 Å². The van der Waals surface area contributed by atoms with E-state index >= 15 is 0 Å². The predicted molar refractivity (Wildman–Crippen MR) is 96.7 cm³/mol. The van der Waals surface area contributed by atoms with Crippen LogP contribution in [-0.2, 0) is 14.9 Å². The Kier molecular flexibility index (Phi) is 5.49. The zero-order chi connectivity index (χ0) is 19.8. The summed E-state index contributed by atoms with van der Waals surface area (Å²) in [5.41, 5.74) is -0.501. The summed E-state index contributed by atoms with van der Waals surface area (Å²) in [6.07, 6.45) is 4.73. The van der Waals surface area contributed by atoms with Crippen LogP contribution in [0.5, 0.6) is 5.75 Å². The Morgan fingerprint density at radius 2 is 2.04 bits per heavy atom. The van der Waals surface area contributed by atoms with Crippen molar-refractivity contribution in [1.29, 1.82) is 0 Å². The van der Waals surface area contributed by atoms with Gasteiger partial charge in [-0.25, -0.2) is 9.18 Å². The molecule has 0 amide bonds. The van der Waals surface area contributed by atoms with Gasteiger partial charge in [-0.05, 0) is 63.1 Å². The SMILES string of the molecule is CC(C)(Oc1cc(C(=O)OCCS(=O)(=O)O)ccc1F)C1CC2CCC1C2. The third-order valence-corrected chi connectivity index (χ3v) is 6.43. The number of hydrogen-bond donors (Lipinski definition) is 1. The third-order valence-electron chi connectivity index (χ3n) is 5.75. The highest BCUT2D eigenvalue weighted by atomic mass is 32.2. The maximum atomic E-state index is 14.3. The van der Waals surface area contributed by atoms with Crippen LogP contribution in [-0.4, -0.2) is 36.9 Å². The lowest BCUT2D eigenvalue weighted by atomic mass is 9.78. The van der Waals surface area contributed by atoms with Crippen LogP contribution < -0.4 is 4.74 Å². The number of benzene rings is 1. The number of ether oxygens (including phenoxy) is 2. The van der Waals surface area contributed by atoms with Gasteiger partial charge in [0.2, 0.25) is 0 Å². The standard InChI is InChI=1S/C19H25FO6S/c1-19(2,15-10-12-3-4-13(15)9-12)26-17-11-14(5-6-16(17)20)18(21)25-7-8-27(22,23)24/h5-6,11-13,15H,3-4,7-10H2,1-2H3,(H,22,23,24). The van der Waals surface area contributed by atoms with E-state index in [-0.39, 0.29) is 11.3 Å². The van der Waals surface area contributed by atoms with Gasteiger partial charge in [-0.3, -0.25) is 4.55 Å². The van der Waals surface area contributed by atoms with Crippen LogP contribution in [0, 0.1) is 23.6 Å². The Bertz CT molecular complexity index is 819. The number of halogens is 1. The minimum Gasteiger partial charge on any atom is -0.484 e. The first-order valence-electron chi connectivity index (χ1n) is 9.16. The van der Waals surface area contributed by atoms with Crippen LogP contribution >= 0.6 is 0 Å². The average Bonchev–Trinajstić information content (AvgIpc) is 3.19. The first-order chi connectivity index (χ1) is 12.5. The highest BCUT2D eigenvalue weighted by molar-refractivity contribution is 7.85. The van der Waals surface area contributed by atoms with Crippen LogP contribution in [0.15, 0.2) is 18.2 Å². The van der Waals surface area contributed by atoms with Crippen molar-refractivity contribution in [3.8, 4) is 5.75 Å². The lowest BCUT2D eigenvalue weighted by molar-refractivity contribution is 0.0128. The van der Waals surface area contributed by atoms with Crippen molar-refractivity contribution in [1.82, 2.24) is 0 Å². The van der Waals surface area contributed by atoms with Gasteiger partial charge in [0.15, 0.2) is 11.6 Å². The quantitative estimate of drug-likeness (QED) is 0.557. The van der Waals surface area contributed by atoms with Crippen LogP contribution in [0.2, 0.25) is 0 Å². The van der Waals surface area contributed by atoms with Gasteiger partial charge in [0.05, 0.1) is 5.56 Å². The minimum absolute atomic E-state index is 0.0213. The van der Waals surface area contributed by atoms with Gasteiger partial charge in [0.1, 0.15) is 18.0 Å².